The van der Waals surface area contributed by atoms with Gasteiger partial charge in [-0.05, 0) is 56.9 Å². The van der Waals surface area contributed by atoms with E-state index in [0.717, 1.165) is 36.4 Å². The van der Waals surface area contributed by atoms with Crippen LogP contribution < -0.4 is 5.32 Å². The van der Waals surface area contributed by atoms with Crippen molar-refractivity contribution in [2.24, 2.45) is 5.92 Å². The van der Waals surface area contributed by atoms with Gasteiger partial charge in [0.1, 0.15) is 5.82 Å². The van der Waals surface area contributed by atoms with Crippen molar-refractivity contribution in [3.05, 3.63) is 65.1 Å². The molecular formula is C24H27F3N6O. The van der Waals surface area contributed by atoms with E-state index in [1.54, 1.807) is 10.9 Å². The average molecular weight is 473 g/mol. The number of anilines is 1. The molecule has 0 bridgehead atoms. The number of benzene rings is 1. The molecule has 1 saturated heterocycles. The van der Waals surface area contributed by atoms with Crippen molar-refractivity contribution in [2.75, 3.05) is 18.4 Å². The Morgan fingerprint density at radius 3 is 2.65 bits per heavy atom. The molecule has 0 saturated carbocycles. The Hall–Kier alpha value is -3.43. The van der Waals surface area contributed by atoms with Crippen molar-refractivity contribution in [3.63, 3.8) is 0 Å². The molecule has 3 aromatic rings. The lowest BCUT2D eigenvalue weighted by atomic mass is 9.89. The Balaban J connectivity index is 1.57. The lowest BCUT2D eigenvalue weighted by Gasteiger charge is -2.40. The smallest absolute Gasteiger partial charge is 0.368 e. The number of carbonyl (C=O) groups excluding carboxylic acids is 1. The van der Waals surface area contributed by atoms with Gasteiger partial charge in [-0.3, -0.25) is 4.79 Å². The molecule has 7 nitrogen and oxygen atoms in total. The molecule has 2 atom stereocenters. The number of rotatable bonds is 5. The van der Waals surface area contributed by atoms with Crippen molar-refractivity contribution in [2.45, 2.75) is 45.8 Å². The van der Waals surface area contributed by atoms with Gasteiger partial charge in [0.25, 0.3) is 5.91 Å². The number of halogens is 3. The third kappa shape index (κ3) is 5.05. The number of piperidine rings is 1. The summed E-state index contributed by atoms with van der Waals surface area (Å²) < 4.78 is 40.1. The molecule has 1 unspecified atom stereocenters. The zero-order valence-corrected chi connectivity index (χ0v) is 19.3. The van der Waals surface area contributed by atoms with Crippen molar-refractivity contribution >= 4 is 11.7 Å². The second kappa shape index (κ2) is 9.44. The monoisotopic (exact) mass is 472 g/mol. The number of aryl methyl sites for hydroxylation is 2. The summed E-state index contributed by atoms with van der Waals surface area (Å²) in [7, 11) is 0. The van der Waals surface area contributed by atoms with E-state index < -0.39 is 11.7 Å². The number of likely N-dealkylation sites (tertiary alicyclic amines) is 1. The first-order valence-corrected chi connectivity index (χ1v) is 11.2. The summed E-state index contributed by atoms with van der Waals surface area (Å²) in [5.41, 5.74) is 2.10. The number of hydrogen-bond acceptors (Lipinski definition) is 5. The molecule has 10 heteroatoms. The molecule has 4 rings (SSSR count). The molecule has 34 heavy (non-hydrogen) atoms. The number of aromatic nitrogens is 4. The van der Waals surface area contributed by atoms with Crippen molar-refractivity contribution in [1.29, 1.82) is 0 Å². The molecule has 0 spiro atoms. The first-order valence-electron chi connectivity index (χ1n) is 11.2. The molecule has 2 aromatic heterocycles. The predicted octanol–water partition coefficient (Wildman–Crippen LogP) is 4.65. The molecule has 1 aromatic carbocycles. The molecule has 0 aliphatic carbocycles. The number of amides is 1. The van der Waals surface area contributed by atoms with Crippen LogP contribution in [0.2, 0.25) is 0 Å². The standard InChI is InChI=1S/C24H27F3N6O/c1-15-6-8-20(33-14-17(3)30-31-33)19(11-15)23(34)32-10-4-5-16(2)21(32)13-29-22-9-7-18(12-28-22)24(25,26)27/h6-9,11-12,14,16,21H,4-5,10,13H2,1-3H3,(H,28,29)/t16-,21?/m1/s1. The van der Waals surface area contributed by atoms with Crippen LogP contribution in [0.1, 0.15) is 46.9 Å². The van der Waals surface area contributed by atoms with E-state index in [9.17, 15) is 18.0 Å². The fourth-order valence-corrected chi connectivity index (χ4v) is 4.33. The van der Waals surface area contributed by atoms with Gasteiger partial charge in [0.15, 0.2) is 0 Å². The molecule has 3 heterocycles. The highest BCUT2D eigenvalue weighted by Gasteiger charge is 2.34. The summed E-state index contributed by atoms with van der Waals surface area (Å²) in [5.74, 6) is 0.444. The zero-order chi connectivity index (χ0) is 24.5. The normalized spacial score (nSPS) is 18.7. The van der Waals surface area contributed by atoms with Crippen LogP contribution in [-0.2, 0) is 6.18 Å². The SMILES string of the molecule is Cc1ccc(-n2cc(C)nn2)c(C(=O)N2CCC[C@@H](C)C2CNc2ccc(C(F)(F)F)cn2)c1. The molecule has 1 amide bonds. The van der Waals surface area contributed by atoms with E-state index in [1.165, 1.54) is 6.07 Å². The Labute approximate surface area is 196 Å². The van der Waals surface area contributed by atoms with Crippen LogP contribution in [0.4, 0.5) is 19.0 Å². The third-order valence-corrected chi connectivity index (χ3v) is 6.20. The number of alkyl halides is 3. The lowest BCUT2D eigenvalue weighted by Crippen LogP contribution is -2.51. The first kappa shape index (κ1) is 23.7. The topological polar surface area (TPSA) is 75.9 Å². The first-order chi connectivity index (χ1) is 16.1. The summed E-state index contributed by atoms with van der Waals surface area (Å²) >= 11 is 0. The molecule has 1 N–H and O–H groups in total. The number of carbonyl (C=O) groups is 1. The minimum atomic E-state index is -4.43. The molecular weight excluding hydrogens is 445 g/mol. The van der Waals surface area contributed by atoms with Gasteiger partial charge in [-0.25, -0.2) is 9.67 Å². The van der Waals surface area contributed by atoms with Crippen molar-refractivity contribution in [3.8, 4) is 5.69 Å². The highest BCUT2D eigenvalue weighted by Crippen LogP contribution is 2.30. The van der Waals surface area contributed by atoms with E-state index in [4.69, 9.17) is 0 Å². The highest BCUT2D eigenvalue weighted by atomic mass is 19.4. The van der Waals surface area contributed by atoms with Gasteiger partial charge in [0, 0.05) is 19.3 Å². The lowest BCUT2D eigenvalue weighted by molar-refractivity contribution is -0.137. The Bertz CT molecular complexity index is 1160. The number of nitrogens with zero attached hydrogens (tertiary/aromatic N) is 5. The van der Waals surface area contributed by atoms with Gasteiger partial charge in [0.2, 0.25) is 0 Å². The maximum Gasteiger partial charge on any atom is 0.417 e. The summed E-state index contributed by atoms with van der Waals surface area (Å²) in [6.45, 7) is 6.84. The minimum Gasteiger partial charge on any atom is -0.368 e. The second-order valence-corrected chi connectivity index (χ2v) is 8.82. The van der Waals surface area contributed by atoms with Crippen LogP contribution in [0.25, 0.3) is 5.69 Å². The molecule has 180 valence electrons. The molecule has 1 aliphatic rings. The minimum absolute atomic E-state index is 0.106. The second-order valence-electron chi connectivity index (χ2n) is 8.82. The van der Waals surface area contributed by atoms with Crippen LogP contribution in [-0.4, -0.2) is 49.9 Å². The maximum absolute atomic E-state index is 13.8. The van der Waals surface area contributed by atoms with Gasteiger partial charge in [-0.15, -0.1) is 5.10 Å². The Morgan fingerprint density at radius 1 is 1.21 bits per heavy atom. The van der Waals surface area contributed by atoms with Gasteiger partial charge >= 0.3 is 6.18 Å². The van der Waals surface area contributed by atoms with Gasteiger partial charge < -0.3 is 10.2 Å². The Morgan fingerprint density at radius 2 is 2.00 bits per heavy atom. The van der Waals surface area contributed by atoms with Crippen LogP contribution in [0.15, 0.2) is 42.7 Å². The summed E-state index contributed by atoms with van der Waals surface area (Å²) in [6.07, 6.45) is -0.00387. The summed E-state index contributed by atoms with van der Waals surface area (Å²) in [5, 5.41) is 11.3. The van der Waals surface area contributed by atoms with Crippen LogP contribution in [0, 0.1) is 19.8 Å². The van der Waals surface area contributed by atoms with E-state index in [0.29, 0.717) is 30.2 Å². The number of nitrogens with one attached hydrogen (secondary N) is 1. The average Bonchev–Trinajstić information content (AvgIpc) is 3.23. The zero-order valence-electron chi connectivity index (χ0n) is 19.3. The van der Waals surface area contributed by atoms with E-state index in [1.807, 2.05) is 36.9 Å². The van der Waals surface area contributed by atoms with Crippen LogP contribution >= 0.6 is 0 Å². The Kier molecular flexibility index (Phi) is 6.58. The number of pyridine rings is 1. The van der Waals surface area contributed by atoms with Crippen LogP contribution in [0.3, 0.4) is 0 Å². The van der Waals surface area contributed by atoms with Crippen molar-refractivity contribution < 1.29 is 18.0 Å². The van der Waals surface area contributed by atoms with Crippen LogP contribution in [0.5, 0.6) is 0 Å². The largest absolute Gasteiger partial charge is 0.417 e. The van der Waals surface area contributed by atoms with E-state index >= 15 is 0 Å². The fourth-order valence-electron chi connectivity index (χ4n) is 4.33. The highest BCUT2D eigenvalue weighted by molar-refractivity contribution is 5.98. The van der Waals surface area contributed by atoms with Crippen molar-refractivity contribution in [1.82, 2.24) is 24.9 Å². The maximum atomic E-state index is 13.8. The predicted molar refractivity (Wildman–Crippen MR) is 122 cm³/mol. The van der Waals surface area contributed by atoms with Gasteiger partial charge in [-0.2, -0.15) is 13.2 Å². The fraction of sp³-hybridized carbons (Fsp3) is 0.417. The van der Waals surface area contributed by atoms with Gasteiger partial charge in [0.05, 0.1) is 34.7 Å². The van der Waals surface area contributed by atoms with E-state index in [-0.39, 0.29) is 17.9 Å². The van der Waals surface area contributed by atoms with E-state index in [2.05, 4.69) is 27.5 Å². The quantitative estimate of drug-likeness (QED) is 0.585. The molecule has 1 fully saturated rings. The summed E-state index contributed by atoms with van der Waals surface area (Å²) in [6, 6.07) is 7.82. The van der Waals surface area contributed by atoms with Gasteiger partial charge in [-0.1, -0.05) is 23.8 Å². The number of hydrogen-bond donors (Lipinski definition) is 1. The molecule has 0 radical (unpaired) electrons. The summed E-state index contributed by atoms with van der Waals surface area (Å²) in [4.78, 5) is 19.5. The third-order valence-electron chi connectivity index (χ3n) is 6.20. The molecule has 1 aliphatic heterocycles.